The summed E-state index contributed by atoms with van der Waals surface area (Å²) in [4.78, 5) is 49.8. The quantitative estimate of drug-likeness (QED) is 0.568. The Morgan fingerprint density at radius 1 is 1.03 bits per heavy atom. The van der Waals surface area contributed by atoms with Gasteiger partial charge in [0.15, 0.2) is 5.78 Å². The fraction of sp³-hybridized carbons (Fsp3) is 0.385. The maximum absolute atomic E-state index is 13.1. The van der Waals surface area contributed by atoms with Gasteiger partial charge in [-0.15, -0.1) is 0 Å². The molecule has 0 spiro atoms. The van der Waals surface area contributed by atoms with E-state index in [4.69, 9.17) is 4.74 Å². The number of carbonyl (C=O) groups is 2. The fourth-order valence-electron chi connectivity index (χ4n) is 5.06. The van der Waals surface area contributed by atoms with Gasteiger partial charge in [0.2, 0.25) is 11.3 Å². The van der Waals surface area contributed by atoms with Crippen LogP contribution in [0.2, 0.25) is 0 Å². The monoisotopic (exact) mass is 460 g/mol. The molecular weight excluding hydrogens is 432 g/mol. The number of benzene rings is 1. The van der Waals surface area contributed by atoms with Crippen molar-refractivity contribution in [3.05, 3.63) is 70.1 Å². The van der Waals surface area contributed by atoms with Gasteiger partial charge in [-0.05, 0) is 68.8 Å². The number of amides is 1. The first kappa shape index (κ1) is 22.3. The van der Waals surface area contributed by atoms with Gasteiger partial charge in [-0.3, -0.25) is 19.3 Å². The lowest BCUT2D eigenvalue weighted by atomic mass is 9.88. The number of nitrogens with zero attached hydrogens (tertiary/aromatic N) is 3. The Balaban J connectivity index is 1.19. The second kappa shape index (κ2) is 9.38. The highest BCUT2D eigenvalue weighted by Crippen LogP contribution is 2.27. The zero-order valence-electron chi connectivity index (χ0n) is 19.2. The van der Waals surface area contributed by atoms with Crippen LogP contribution in [0.4, 0.5) is 0 Å². The molecule has 3 aromatic rings. The van der Waals surface area contributed by atoms with Gasteiger partial charge in [-0.25, -0.2) is 4.98 Å². The first-order valence-corrected chi connectivity index (χ1v) is 11.7. The van der Waals surface area contributed by atoms with Crippen molar-refractivity contribution < 1.29 is 14.3 Å². The third-order valence-electron chi connectivity index (χ3n) is 6.97. The minimum absolute atomic E-state index is 0.0181. The molecule has 2 aliphatic heterocycles. The lowest BCUT2D eigenvalue weighted by molar-refractivity contribution is -0.133. The second-order valence-electron chi connectivity index (χ2n) is 8.99. The van der Waals surface area contributed by atoms with Crippen molar-refractivity contribution in [3.8, 4) is 5.75 Å². The molecule has 0 saturated carbocycles. The van der Waals surface area contributed by atoms with E-state index in [9.17, 15) is 14.4 Å². The molecule has 0 bridgehead atoms. The van der Waals surface area contributed by atoms with Crippen LogP contribution in [-0.4, -0.2) is 64.2 Å². The highest BCUT2D eigenvalue weighted by atomic mass is 16.5. The number of piperidine rings is 1. The number of hydrogen-bond donors (Lipinski definition) is 1. The summed E-state index contributed by atoms with van der Waals surface area (Å²) in [5.41, 5.74) is 1.67. The summed E-state index contributed by atoms with van der Waals surface area (Å²) in [6.07, 6.45) is 2.26. The van der Waals surface area contributed by atoms with Crippen molar-refractivity contribution in [2.45, 2.75) is 31.8 Å². The van der Waals surface area contributed by atoms with Crippen LogP contribution in [0.1, 0.15) is 35.4 Å². The molecule has 1 atom stereocenters. The summed E-state index contributed by atoms with van der Waals surface area (Å²) in [5, 5.41) is 0. The van der Waals surface area contributed by atoms with E-state index < -0.39 is 0 Å². The molecule has 1 N–H and O–H groups in total. The molecule has 0 unspecified atom stereocenters. The third kappa shape index (κ3) is 4.33. The highest BCUT2D eigenvalue weighted by molar-refractivity contribution is 5.98. The first-order chi connectivity index (χ1) is 16.5. The summed E-state index contributed by atoms with van der Waals surface area (Å²) < 4.78 is 5.17. The van der Waals surface area contributed by atoms with Crippen molar-refractivity contribution in [1.82, 2.24) is 19.8 Å². The van der Waals surface area contributed by atoms with Gasteiger partial charge in [-0.1, -0.05) is 12.1 Å². The van der Waals surface area contributed by atoms with Crippen LogP contribution in [0.3, 0.4) is 0 Å². The highest BCUT2D eigenvalue weighted by Gasteiger charge is 2.38. The number of ketones is 1. The molecule has 1 amide bonds. The number of aromatic amines is 1. The van der Waals surface area contributed by atoms with E-state index in [1.54, 1.807) is 30.2 Å². The predicted octanol–water partition coefficient (Wildman–Crippen LogP) is 2.63. The van der Waals surface area contributed by atoms with Gasteiger partial charge in [0, 0.05) is 18.0 Å². The van der Waals surface area contributed by atoms with Crippen LogP contribution >= 0.6 is 0 Å². The Kier molecular flexibility index (Phi) is 6.15. The molecule has 2 aliphatic rings. The summed E-state index contributed by atoms with van der Waals surface area (Å²) in [6.45, 7) is 2.48. The molecule has 34 heavy (non-hydrogen) atoms. The maximum atomic E-state index is 13.1. The second-order valence-corrected chi connectivity index (χ2v) is 8.99. The minimum Gasteiger partial charge on any atom is -0.497 e. The van der Waals surface area contributed by atoms with Crippen LogP contribution in [0.25, 0.3) is 11.0 Å². The SMILES string of the molecule is COc1ccc(C(=O)C2CCN([C@@H]3CCN(Cc4nc5ccccc(=O)c5[nH]4)C3=O)CC2)cc1. The number of methoxy groups -OCH3 is 1. The number of likely N-dealkylation sites (tertiary alicyclic amines) is 2. The van der Waals surface area contributed by atoms with Gasteiger partial charge >= 0.3 is 0 Å². The normalized spacial score (nSPS) is 19.6. The fourth-order valence-corrected chi connectivity index (χ4v) is 5.06. The minimum atomic E-state index is -0.158. The molecule has 176 valence electrons. The smallest absolute Gasteiger partial charge is 0.240 e. The van der Waals surface area contributed by atoms with Crippen LogP contribution in [0.15, 0.2) is 53.3 Å². The van der Waals surface area contributed by atoms with Crippen molar-refractivity contribution in [2.75, 3.05) is 26.7 Å². The number of rotatable bonds is 6. The molecule has 1 aromatic heterocycles. The van der Waals surface area contributed by atoms with Crippen molar-refractivity contribution in [3.63, 3.8) is 0 Å². The summed E-state index contributed by atoms with van der Waals surface area (Å²) in [7, 11) is 1.61. The Labute approximate surface area is 197 Å². The molecule has 0 radical (unpaired) electrons. The number of H-pyrrole nitrogens is 1. The third-order valence-corrected chi connectivity index (χ3v) is 6.97. The van der Waals surface area contributed by atoms with Crippen LogP contribution in [0.5, 0.6) is 5.75 Å². The summed E-state index contributed by atoms with van der Waals surface area (Å²) in [6, 6.07) is 13.9. The Morgan fingerprint density at radius 3 is 2.50 bits per heavy atom. The molecule has 2 fully saturated rings. The van der Waals surface area contributed by atoms with Crippen molar-refractivity contribution >= 4 is 22.7 Å². The van der Waals surface area contributed by atoms with Crippen LogP contribution in [0, 0.1) is 5.92 Å². The van der Waals surface area contributed by atoms with Gasteiger partial charge in [-0.2, -0.15) is 0 Å². The van der Waals surface area contributed by atoms with Crippen LogP contribution in [-0.2, 0) is 11.3 Å². The van der Waals surface area contributed by atoms with E-state index in [1.165, 1.54) is 6.07 Å². The van der Waals surface area contributed by atoms with Crippen molar-refractivity contribution in [2.24, 2.45) is 5.92 Å². The zero-order valence-corrected chi connectivity index (χ0v) is 19.2. The number of carbonyl (C=O) groups excluding carboxylic acids is 2. The molecule has 8 nitrogen and oxygen atoms in total. The maximum Gasteiger partial charge on any atom is 0.240 e. The molecular formula is C26H28N4O4. The number of imidazole rings is 1. The van der Waals surface area contributed by atoms with E-state index in [0.29, 0.717) is 35.5 Å². The average molecular weight is 461 g/mol. The molecule has 2 aromatic carbocycles. The average Bonchev–Trinajstić information content (AvgIpc) is 3.39. The molecule has 8 heteroatoms. The predicted molar refractivity (Wildman–Crippen MR) is 128 cm³/mol. The van der Waals surface area contributed by atoms with E-state index in [-0.39, 0.29) is 29.1 Å². The molecule has 5 rings (SSSR count). The number of fused-ring (bicyclic) bond motifs is 1. The zero-order chi connectivity index (χ0) is 23.7. The number of hydrogen-bond acceptors (Lipinski definition) is 6. The van der Waals surface area contributed by atoms with E-state index in [2.05, 4.69) is 14.9 Å². The Morgan fingerprint density at radius 2 is 1.76 bits per heavy atom. The lowest BCUT2D eigenvalue weighted by Gasteiger charge is -2.34. The summed E-state index contributed by atoms with van der Waals surface area (Å²) >= 11 is 0. The topological polar surface area (TPSA) is 95.6 Å². The molecule has 0 aliphatic carbocycles. The Hall–Kier alpha value is -3.52. The number of aromatic nitrogens is 2. The van der Waals surface area contributed by atoms with Gasteiger partial charge in [0.1, 0.15) is 17.1 Å². The number of ether oxygens (including phenoxy) is 1. The molecule has 2 saturated heterocycles. The van der Waals surface area contributed by atoms with Gasteiger partial charge < -0.3 is 14.6 Å². The van der Waals surface area contributed by atoms with Gasteiger partial charge in [0.05, 0.1) is 25.2 Å². The Bertz CT molecular complexity index is 1260. The molecule has 3 heterocycles. The van der Waals surface area contributed by atoms with E-state index >= 15 is 0 Å². The van der Waals surface area contributed by atoms with Crippen LogP contribution < -0.4 is 10.2 Å². The van der Waals surface area contributed by atoms with E-state index in [1.807, 2.05) is 24.3 Å². The number of nitrogens with one attached hydrogen (secondary N) is 1. The van der Waals surface area contributed by atoms with Crippen molar-refractivity contribution in [1.29, 1.82) is 0 Å². The van der Waals surface area contributed by atoms with E-state index in [0.717, 1.165) is 38.1 Å². The largest absolute Gasteiger partial charge is 0.497 e. The number of Topliss-reactive ketones (excluding diaryl/α,β-unsaturated/α-hetero) is 1. The first-order valence-electron chi connectivity index (χ1n) is 11.7. The standard InChI is InChI=1S/C26H28N4O4/c1-34-19-8-6-17(7-9-19)25(32)18-10-13-29(14-11-18)21-12-15-30(26(21)33)16-23-27-20-4-2-3-5-22(31)24(20)28-23/h2-9,18,21H,10-16H2,1H3,(H,27,28)/t21-/m1/s1. The van der Waals surface area contributed by atoms with Gasteiger partial charge in [0.25, 0.3) is 0 Å². The summed E-state index contributed by atoms with van der Waals surface area (Å²) in [5.74, 6) is 1.60. The lowest BCUT2D eigenvalue weighted by Crippen LogP contribution is -2.46.